The third kappa shape index (κ3) is 3.49. The SMILES string of the molecule is COc1cccc(-c2ccc3c(c2)[C@H]2[C@H](C3)OC(=O)[C@@H]2CCCCC(=N)N)c1. The molecule has 5 nitrogen and oxygen atoms in total. The fourth-order valence-electron chi connectivity index (χ4n) is 4.57. The zero-order valence-corrected chi connectivity index (χ0v) is 16.1. The molecule has 5 heteroatoms. The second-order valence-electron chi connectivity index (χ2n) is 7.73. The summed E-state index contributed by atoms with van der Waals surface area (Å²) >= 11 is 0. The lowest BCUT2D eigenvalue weighted by Crippen LogP contribution is -2.16. The largest absolute Gasteiger partial charge is 0.497 e. The van der Waals surface area contributed by atoms with Crippen molar-refractivity contribution in [2.24, 2.45) is 11.7 Å². The summed E-state index contributed by atoms with van der Waals surface area (Å²) in [7, 11) is 1.67. The average Bonchev–Trinajstić information content (AvgIpc) is 3.19. The molecule has 0 unspecified atom stereocenters. The lowest BCUT2D eigenvalue weighted by molar-refractivity contribution is -0.144. The Morgan fingerprint density at radius 1 is 1.21 bits per heavy atom. The van der Waals surface area contributed by atoms with Gasteiger partial charge in [0.25, 0.3) is 0 Å². The minimum Gasteiger partial charge on any atom is -0.497 e. The number of hydrogen-bond donors (Lipinski definition) is 2. The number of esters is 1. The van der Waals surface area contributed by atoms with Gasteiger partial charge in [-0.05, 0) is 47.2 Å². The van der Waals surface area contributed by atoms with Crippen LogP contribution in [0.15, 0.2) is 42.5 Å². The topological polar surface area (TPSA) is 85.4 Å². The molecule has 1 aliphatic heterocycles. The van der Waals surface area contributed by atoms with Gasteiger partial charge in [0, 0.05) is 18.8 Å². The van der Waals surface area contributed by atoms with Crippen LogP contribution in [0.3, 0.4) is 0 Å². The first-order chi connectivity index (χ1) is 13.6. The Labute approximate surface area is 165 Å². The fraction of sp³-hybridized carbons (Fsp3) is 0.391. The van der Waals surface area contributed by atoms with Crippen molar-refractivity contribution in [2.75, 3.05) is 7.11 Å². The van der Waals surface area contributed by atoms with Crippen molar-refractivity contribution >= 4 is 11.8 Å². The summed E-state index contributed by atoms with van der Waals surface area (Å²) in [5, 5.41) is 7.35. The number of carbonyl (C=O) groups excluding carboxylic acids is 1. The molecule has 1 fully saturated rings. The normalized spacial score (nSPS) is 22.5. The number of ether oxygens (including phenoxy) is 2. The van der Waals surface area contributed by atoms with Crippen LogP contribution in [0, 0.1) is 11.3 Å². The minimum atomic E-state index is -0.0984. The number of fused-ring (bicyclic) bond motifs is 3. The van der Waals surface area contributed by atoms with Gasteiger partial charge in [-0.15, -0.1) is 0 Å². The van der Waals surface area contributed by atoms with Gasteiger partial charge < -0.3 is 15.2 Å². The van der Waals surface area contributed by atoms with E-state index in [1.165, 1.54) is 11.1 Å². The molecule has 146 valence electrons. The summed E-state index contributed by atoms with van der Waals surface area (Å²) in [6.07, 6.45) is 3.86. The number of amidine groups is 1. The Morgan fingerprint density at radius 3 is 2.82 bits per heavy atom. The zero-order valence-electron chi connectivity index (χ0n) is 16.1. The van der Waals surface area contributed by atoms with E-state index in [0.717, 1.165) is 42.6 Å². The predicted molar refractivity (Wildman–Crippen MR) is 109 cm³/mol. The molecule has 0 radical (unpaired) electrons. The molecule has 4 rings (SSSR count). The summed E-state index contributed by atoms with van der Waals surface area (Å²) in [6, 6.07) is 14.6. The van der Waals surface area contributed by atoms with Gasteiger partial charge in [0.15, 0.2) is 0 Å². The molecule has 1 heterocycles. The summed E-state index contributed by atoms with van der Waals surface area (Å²) < 4.78 is 11.1. The Kier molecular flexibility index (Phi) is 5.07. The summed E-state index contributed by atoms with van der Waals surface area (Å²) in [5.74, 6) is 0.999. The van der Waals surface area contributed by atoms with Crippen LogP contribution >= 0.6 is 0 Å². The lowest BCUT2D eigenvalue weighted by atomic mass is 9.84. The number of nitrogens with one attached hydrogen (secondary N) is 1. The number of unbranched alkanes of at least 4 members (excludes halogenated alkanes) is 1. The molecule has 1 aliphatic carbocycles. The average molecular weight is 378 g/mol. The Bertz CT molecular complexity index is 908. The van der Waals surface area contributed by atoms with Crippen molar-refractivity contribution < 1.29 is 14.3 Å². The summed E-state index contributed by atoms with van der Waals surface area (Å²) in [4.78, 5) is 12.5. The van der Waals surface area contributed by atoms with Gasteiger partial charge in [0.1, 0.15) is 11.9 Å². The van der Waals surface area contributed by atoms with E-state index in [9.17, 15) is 4.79 Å². The molecule has 0 saturated carbocycles. The van der Waals surface area contributed by atoms with E-state index in [1.54, 1.807) is 7.11 Å². The van der Waals surface area contributed by atoms with Crippen LogP contribution in [0.4, 0.5) is 0 Å². The van der Waals surface area contributed by atoms with Crippen molar-refractivity contribution in [3.05, 3.63) is 53.6 Å². The van der Waals surface area contributed by atoms with Gasteiger partial charge in [0.2, 0.25) is 0 Å². The summed E-state index contributed by atoms with van der Waals surface area (Å²) in [6.45, 7) is 0. The highest BCUT2D eigenvalue weighted by molar-refractivity contribution is 5.79. The van der Waals surface area contributed by atoms with Gasteiger partial charge >= 0.3 is 5.97 Å². The molecule has 2 aliphatic rings. The van der Waals surface area contributed by atoms with Crippen LogP contribution in [0.25, 0.3) is 11.1 Å². The van der Waals surface area contributed by atoms with Crippen LogP contribution in [-0.2, 0) is 16.0 Å². The van der Waals surface area contributed by atoms with Crippen LogP contribution in [-0.4, -0.2) is 25.0 Å². The Hall–Kier alpha value is -2.82. The molecule has 28 heavy (non-hydrogen) atoms. The van der Waals surface area contributed by atoms with Gasteiger partial charge in [-0.3, -0.25) is 10.2 Å². The molecule has 3 N–H and O–H groups in total. The number of nitrogens with two attached hydrogens (primary N) is 1. The molecule has 1 saturated heterocycles. The minimum absolute atomic E-state index is 0.0409. The van der Waals surface area contributed by atoms with Crippen LogP contribution < -0.4 is 10.5 Å². The maximum absolute atomic E-state index is 12.5. The fourth-order valence-corrected chi connectivity index (χ4v) is 4.57. The number of methoxy groups -OCH3 is 1. The van der Waals surface area contributed by atoms with Crippen molar-refractivity contribution in [2.45, 2.75) is 44.1 Å². The van der Waals surface area contributed by atoms with Crippen molar-refractivity contribution in [3.63, 3.8) is 0 Å². The number of rotatable bonds is 7. The molecular formula is C23H26N2O3. The molecule has 0 bridgehead atoms. The van der Waals surface area contributed by atoms with E-state index in [2.05, 4.69) is 24.3 Å². The third-order valence-corrected chi connectivity index (χ3v) is 5.94. The van der Waals surface area contributed by atoms with Gasteiger partial charge in [-0.1, -0.05) is 36.8 Å². The number of benzene rings is 2. The smallest absolute Gasteiger partial charge is 0.310 e. The van der Waals surface area contributed by atoms with Crippen LogP contribution in [0.1, 0.15) is 42.7 Å². The molecule has 0 aromatic heterocycles. The number of hydrogen-bond acceptors (Lipinski definition) is 4. The molecule has 0 spiro atoms. The van der Waals surface area contributed by atoms with E-state index < -0.39 is 0 Å². The summed E-state index contributed by atoms with van der Waals surface area (Å²) in [5.41, 5.74) is 10.2. The first-order valence-corrected chi connectivity index (χ1v) is 9.87. The Balaban J connectivity index is 1.57. The molecule has 0 amide bonds. The van der Waals surface area contributed by atoms with E-state index in [4.69, 9.17) is 20.6 Å². The van der Waals surface area contributed by atoms with Crippen molar-refractivity contribution in [1.29, 1.82) is 5.41 Å². The highest BCUT2D eigenvalue weighted by Crippen LogP contribution is 2.48. The second kappa shape index (κ2) is 7.66. The maximum Gasteiger partial charge on any atom is 0.310 e. The first-order valence-electron chi connectivity index (χ1n) is 9.87. The highest BCUT2D eigenvalue weighted by Gasteiger charge is 2.49. The highest BCUT2D eigenvalue weighted by atomic mass is 16.6. The van der Waals surface area contributed by atoms with Gasteiger partial charge in [0.05, 0.1) is 18.9 Å². The molecular weight excluding hydrogens is 352 g/mol. The second-order valence-corrected chi connectivity index (χ2v) is 7.73. The Morgan fingerprint density at radius 2 is 2.04 bits per heavy atom. The van der Waals surface area contributed by atoms with E-state index >= 15 is 0 Å². The van der Waals surface area contributed by atoms with E-state index in [1.807, 2.05) is 18.2 Å². The van der Waals surface area contributed by atoms with Crippen LogP contribution in [0.2, 0.25) is 0 Å². The van der Waals surface area contributed by atoms with Gasteiger partial charge in [-0.25, -0.2) is 0 Å². The standard InChI is InChI=1S/C23H26N2O3/c1-27-17-6-4-5-14(11-17)15-9-10-16-13-20-22(19(16)12-15)18(23(26)28-20)7-2-3-8-21(24)25/h4-6,9-12,18,20,22H,2-3,7-8,13H2,1H3,(H3,24,25)/t18-,20+,22+/m1/s1. The molecule has 2 aromatic carbocycles. The van der Waals surface area contributed by atoms with Crippen molar-refractivity contribution in [3.8, 4) is 16.9 Å². The van der Waals surface area contributed by atoms with E-state index in [0.29, 0.717) is 6.42 Å². The first kappa shape index (κ1) is 18.5. The van der Waals surface area contributed by atoms with Crippen molar-refractivity contribution in [1.82, 2.24) is 0 Å². The monoisotopic (exact) mass is 378 g/mol. The maximum atomic E-state index is 12.5. The quantitative estimate of drug-likeness (QED) is 0.329. The van der Waals surface area contributed by atoms with Gasteiger partial charge in [-0.2, -0.15) is 0 Å². The molecule has 2 aromatic rings. The van der Waals surface area contributed by atoms with Crippen LogP contribution in [0.5, 0.6) is 5.75 Å². The number of carbonyl (C=O) groups is 1. The molecule has 3 atom stereocenters. The zero-order chi connectivity index (χ0) is 19.7. The van der Waals surface area contributed by atoms with E-state index in [-0.39, 0.29) is 29.7 Å². The predicted octanol–water partition coefficient (Wildman–Crippen LogP) is 4.04. The third-order valence-electron chi connectivity index (χ3n) is 5.94. The lowest BCUT2D eigenvalue weighted by Gasteiger charge is -2.16.